The molecule has 1 aromatic heterocycles. The van der Waals surface area contributed by atoms with Gasteiger partial charge in [0.05, 0.1) is 25.4 Å². The van der Waals surface area contributed by atoms with Crippen LogP contribution in [0.4, 0.5) is 14.5 Å². The summed E-state index contributed by atoms with van der Waals surface area (Å²) in [6.45, 7) is 2.07. The van der Waals surface area contributed by atoms with E-state index in [1.54, 1.807) is 48.9 Å². The molecule has 0 unspecified atom stereocenters. The van der Waals surface area contributed by atoms with E-state index in [0.29, 0.717) is 35.1 Å². The van der Waals surface area contributed by atoms with Gasteiger partial charge in [-0.2, -0.15) is 8.46 Å². The van der Waals surface area contributed by atoms with Gasteiger partial charge in [-0.15, -0.1) is 0 Å². The Kier molecular flexibility index (Phi) is 10.3. The van der Waals surface area contributed by atoms with Gasteiger partial charge in [0.15, 0.2) is 0 Å². The molecule has 49 heavy (non-hydrogen) atoms. The number of hydrogen-bond acceptors (Lipinski definition) is 5. The number of aromatic nitrogens is 1. The zero-order valence-corrected chi connectivity index (χ0v) is 29.9. The van der Waals surface area contributed by atoms with Crippen molar-refractivity contribution in [3.8, 4) is 22.9 Å². The first-order valence-electron chi connectivity index (χ1n) is 16.0. The minimum absolute atomic E-state index is 0.00323. The van der Waals surface area contributed by atoms with Crippen LogP contribution in [-0.2, 0) is 12.4 Å². The van der Waals surface area contributed by atoms with Crippen LogP contribution in [0.1, 0.15) is 41.3 Å². The third kappa shape index (κ3) is 7.47. The van der Waals surface area contributed by atoms with Gasteiger partial charge in [-0.1, -0.05) is 24.3 Å². The van der Waals surface area contributed by atoms with Gasteiger partial charge in [0.2, 0.25) is 5.43 Å². The van der Waals surface area contributed by atoms with Crippen molar-refractivity contribution in [1.29, 1.82) is 0 Å². The van der Waals surface area contributed by atoms with Crippen molar-refractivity contribution in [2.24, 2.45) is 0 Å². The van der Waals surface area contributed by atoms with Crippen LogP contribution in [0.25, 0.3) is 16.6 Å². The van der Waals surface area contributed by atoms with Crippen molar-refractivity contribution in [2.75, 3.05) is 37.2 Å². The van der Waals surface area contributed by atoms with Gasteiger partial charge >= 0.3 is 0 Å². The summed E-state index contributed by atoms with van der Waals surface area (Å²) in [5.41, 5.74) is 2.70. The number of pyridine rings is 1. The minimum Gasteiger partial charge on any atom is -0.497 e. The number of carbonyl (C=O) groups excluding carboxylic acids is 1. The number of fused-ring (bicyclic) bond motifs is 1. The van der Waals surface area contributed by atoms with E-state index in [-0.39, 0.29) is 23.2 Å². The molecule has 0 aliphatic carbocycles. The smallest absolute Gasteiger partial charge is 0.263 e. The van der Waals surface area contributed by atoms with E-state index in [2.05, 4.69) is 33.0 Å². The molecule has 7 nitrogen and oxygen atoms in total. The number of amides is 1. The highest BCUT2D eigenvalue weighted by molar-refractivity contribution is 9.58. The van der Waals surface area contributed by atoms with E-state index in [9.17, 15) is 18.4 Å². The van der Waals surface area contributed by atoms with Gasteiger partial charge in [-0.25, -0.2) is 8.78 Å². The van der Waals surface area contributed by atoms with Crippen molar-refractivity contribution < 1.29 is 27.8 Å². The van der Waals surface area contributed by atoms with Gasteiger partial charge < -0.3 is 23.7 Å². The number of nitrogens with zero attached hydrogens (tertiary/aromatic N) is 2. The first kappa shape index (κ1) is 34.5. The molecule has 0 N–H and O–H groups in total. The fourth-order valence-corrected chi connectivity index (χ4v) is 11.1. The molecule has 1 fully saturated rings. The van der Waals surface area contributed by atoms with Gasteiger partial charge in [0.25, 0.3) is 5.91 Å². The molecule has 0 bridgehead atoms. The quantitative estimate of drug-likeness (QED) is 0.135. The van der Waals surface area contributed by atoms with Crippen LogP contribution in [0.5, 0.6) is 17.2 Å². The van der Waals surface area contributed by atoms with Crippen LogP contribution < -0.4 is 24.5 Å². The zero-order chi connectivity index (χ0) is 34.7. The van der Waals surface area contributed by atoms with Crippen molar-refractivity contribution in [3.63, 3.8) is 0 Å². The second-order valence-electron chi connectivity index (χ2n) is 11.9. The second-order valence-corrected chi connectivity index (χ2v) is 19.0. The molecule has 0 atom stereocenters. The Morgan fingerprint density at radius 3 is 2.22 bits per heavy atom. The molecule has 0 saturated carbocycles. The predicted octanol–water partition coefficient (Wildman–Crippen LogP) is 8.94. The van der Waals surface area contributed by atoms with E-state index in [1.807, 2.05) is 12.1 Å². The van der Waals surface area contributed by atoms with E-state index in [4.69, 9.17) is 14.2 Å². The van der Waals surface area contributed by atoms with E-state index in [1.165, 1.54) is 48.1 Å². The first-order valence-corrected chi connectivity index (χ1v) is 20.0. The number of ether oxygens (including phenoxy) is 3. The molecule has 4 aromatic carbocycles. The highest BCUT2D eigenvalue weighted by Crippen LogP contribution is 2.63. The Hall–Kier alpha value is -4.35. The highest BCUT2D eigenvalue weighted by Gasteiger charge is 2.27. The largest absolute Gasteiger partial charge is 0.497 e. The van der Waals surface area contributed by atoms with Gasteiger partial charge in [0.1, 0.15) is 41.1 Å². The average molecular weight is 752 g/mol. The number of hydrogen-bond donors (Lipinski definition) is 0. The topological polar surface area (TPSA) is 70.0 Å². The predicted molar refractivity (Wildman–Crippen MR) is 196 cm³/mol. The second kappa shape index (κ2) is 14.6. The van der Waals surface area contributed by atoms with Crippen LogP contribution in [0, 0.1) is 11.6 Å². The monoisotopic (exact) mass is 750 g/mol. The normalized spacial score (nSPS) is 14.4. The maximum Gasteiger partial charge on any atom is 0.263 e. The van der Waals surface area contributed by atoms with Gasteiger partial charge in [-0.3, -0.25) is 9.59 Å². The summed E-state index contributed by atoms with van der Waals surface area (Å²) in [6, 6.07) is 21.5. The van der Waals surface area contributed by atoms with E-state index < -0.39 is 31.4 Å². The molecule has 1 saturated heterocycles. The fraction of sp³-hybridized carbons (Fsp3) is 0.263. The molecule has 0 spiro atoms. The molecule has 256 valence electrons. The van der Waals surface area contributed by atoms with E-state index >= 15 is 0 Å². The van der Waals surface area contributed by atoms with Crippen molar-refractivity contribution >= 4 is 45.8 Å². The number of benzene rings is 4. The van der Waals surface area contributed by atoms with Crippen LogP contribution >= 0.6 is 23.3 Å². The lowest BCUT2D eigenvalue weighted by molar-refractivity contribution is 0.0987. The molecular formula is C38H37BrF2N2O5S. The zero-order valence-electron chi connectivity index (χ0n) is 27.5. The van der Waals surface area contributed by atoms with Crippen LogP contribution in [0.2, 0.25) is 0 Å². The summed E-state index contributed by atoms with van der Waals surface area (Å²) in [5.74, 6) is 2.61. The summed E-state index contributed by atoms with van der Waals surface area (Å²) in [6.07, 6.45) is 3.95. The van der Waals surface area contributed by atoms with Crippen molar-refractivity contribution in [2.45, 2.75) is 32.1 Å². The number of rotatable bonds is 11. The molecule has 11 heteroatoms. The Balaban J connectivity index is 1.42. The standard InChI is InChI=1S/C38H37BrF2N2O5S/c1-4-42(29-16-27(40)15-28(41)17-29)38(45)35-22-43(36-21-31(46-2)11-12-34(36)37(35)44)30-18-32(47-3)20-33(19-30)48-23-25-9-5-6-10-26(25)24-49(39)13-7-8-14-49/h5-6,9-12,15-22H,4,7-8,13-14,23-24H2,1-3H3. The highest BCUT2D eigenvalue weighted by atomic mass is 79.9. The molecule has 5 aromatic rings. The summed E-state index contributed by atoms with van der Waals surface area (Å²) in [7, 11) is 2.22. The van der Waals surface area contributed by atoms with Crippen molar-refractivity contribution in [3.05, 3.63) is 124 Å². The van der Waals surface area contributed by atoms with Gasteiger partial charge in [0, 0.05) is 59.9 Å². The molecule has 0 radical (unpaired) electrons. The van der Waals surface area contributed by atoms with Gasteiger partial charge in [-0.05, 0) is 81.5 Å². The molecular weight excluding hydrogens is 714 g/mol. The Morgan fingerprint density at radius 1 is 0.878 bits per heavy atom. The summed E-state index contributed by atoms with van der Waals surface area (Å²) >= 11 is 4.08. The van der Waals surface area contributed by atoms with Crippen LogP contribution in [0.15, 0.2) is 89.9 Å². The number of methoxy groups -OCH3 is 2. The molecule has 1 amide bonds. The Labute approximate surface area is 292 Å². The summed E-state index contributed by atoms with van der Waals surface area (Å²) in [5, 5.41) is 0.255. The fourth-order valence-electron chi connectivity index (χ4n) is 6.23. The molecule has 1 aliphatic rings. The number of halogens is 3. The molecule has 2 heterocycles. The average Bonchev–Trinajstić information content (AvgIpc) is 3.53. The number of anilines is 1. The molecule has 1 aliphatic heterocycles. The first-order chi connectivity index (χ1) is 23.6. The van der Waals surface area contributed by atoms with E-state index in [0.717, 1.165) is 29.5 Å². The number of carbonyl (C=O) groups is 1. The maximum atomic E-state index is 14.2. The Bertz CT molecular complexity index is 2060. The maximum absolute atomic E-state index is 14.2. The minimum atomic E-state index is -0.858. The lowest BCUT2D eigenvalue weighted by Gasteiger charge is -2.28. The Morgan fingerprint density at radius 2 is 1.55 bits per heavy atom. The van der Waals surface area contributed by atoms with Crippen LogP contribution in [0.3, 0.4) is 0 Å². The SMILES string of the molecule is CCN(C(=O)c1cn(-c2cc(OC)cc(OCc3ccccc3CS3(Br)CCCC3)c2)c2cc(OC)ccc2c1=O)c1cc(F)cc(F)c1. The molecule has 6 rings (SSSR count). The summed E-state index contributed by atoms with van der Waals surface area (Å²) < 4.78 is 47.6. The van der Waals surface area contributed by atoms with Crippen LogP contribution in [-0.4, -0.2) is 42.7 Å². The third-order valence-electron chi connectivity index (χ3n) is 8.74. The lowest BCUT2D eigenvalue weighted by Crippen LogP contribution is -2.35. The summed E-state index contributed by atoms with van der Waals surface area (Å²) in [4.78, 5) is 29.0. The van der Waals surface area contributed by atoms with Crippen molar-refractivity contribution in [1.82, 2.24) is 4.57 Å². The third-order valence-corrected chi connectivity index (χ3v) is 14.2. The lowest BCUT2D eigenvalue weighted by atomic mass is 10.1.